The first kappa shape index (κ1) is 15.7. The quantitative estimate of drug-likeness (QED) is 0.887. The molecule has 2 N–H and O–H groups in total. The predicted molar refractivity (Wildman–Crippen MR) is 75.6 cm³/mol. The third-order valence-electron chi connectivity index (χ3n) is 2.66. The van der Waals surface area contributed by atoms with Crippen molar-refractivity contribution in [2.24, 2.45) is 0 Å². The number of amides is 2. The topological polar surface area (TPSA) is 66.9 Å². The van der Waals surface area contributed by atoms with E-state index >= 15 is 0 Å². The maximum Gasteiger partial charge on any atom is 0.416 e. The SMILES string of the molecule is Cc1cc(C)nc(NC(=O)Nc2cccc(C(F)(F)F)c2)n1. The summed E-state index contributed by atoms with van der Waals surface area (Å²) in [7, 11) is 0. The lowest BCUT2D eigenvalue weighted by Gasteiger charge is -2.10. The van der Waals surface area contributed by atoms with E-state index in [9.17, 15) is 18.0 Å². The summed E-state index contributed by atoms with van der Waals surface area (Å²) in [6.45, 7) is 3.48. The van der Waals surface area contributed by atoms with Gasteiger partial charge in [0.05, 0.1) is 5.56 Å². The molecule has 116 valence electrons. The molecular weight excluding hydrogens is 297 g/mol. The van der Waals surface area contributed by atoms with Crippen LogP contribution in [0.3, 0.4) is 0 Å². The number of halogens is 3. The van der Waals surface area contributed by atoms with Gasteiger partial charge in [0.25, 0.3) is 0 Å². The van der Waals surface area contributed by atoms with Gasteiger partial charge in [-0.25, -0.2) is 14.8 Å². The molecule has 0 saturated carbocycles. The summed E-state index contributed by atoms with van der Waals surface area (Å²) in [5.41, 5.74) is 0.522. The molecule has 0 radical (unpaired) electrons. The fraction of sp³-hybridized carbons (Fsp3) is 0.214. The first-order valence-electron chi connectivity index (χ1n) is 6.31. The number of nitrogens with one attached hydrogen (secondary N) is 2. The zero-order valence-corrected chi connectivity index (χ0v) is 11.8. The molecule has 0 aliphatic heterocycles. The minimum absolute atomic E-state index is 0.0247. The summed E-state index contributed by atoms with van der Waals surface area (Å²) in [6, 6.07) is 5.36. The highest BCUT2D eigenvalue weighted by Gasteiger charge is 2.30. The Kier molecular flexibility index (Phi) is 4.30. The largest absolute Gasteiger partial charge is 0.416 e. The van der Waals surface area contributed by atoms with Crippen LogP contribution < -0.4 is 10.6 Å². The van der Waals surface area contributed by atoms with Crippen LogP contribution in [0, 0.1) is 13.8 Å². The predicted octanol–water partition coefficient (Wildman–Crippen LogP) is 3.76. The van der Waals surface area contributed by atoms with Gasteiger partial charge in [-0.1, -0.05) is 6.07 Å². The van der Waals surface area contributed by atoms with Crippen molar-refractivity contribution in [1.82, 2.24) is 9.97 Å². The highest BCUT2D eigenvalue weighted by molar-refractivity contribution is 5.98. The van der Waals surface area contributed by atoms with Crippen molar-refractivity contribution < 1.29 is 18.0 Å². The minimum atomic E-state index is -4.47. The summed E-state index contributed by atoms with van der Waals surface area (Å²) >= 11 is 0. The van der Waals surface area contributed by atoms with Gasteiger partial charge in [0.15, 0.2) is 0 Å². The van der Waals surface area contributed by atoms with E-state index in [2.05, 4.69) is 20.6 Å². The van der Waals surface area contributed by atoms with E-state index in [1.807, 2.05) is 0 Å². The van der Waals surface area contributed by atoms with Gasteiger partial charge in [0.2, 0.25) is 5.95 Å². The first-order valence-corrected chi connectivity index (χ1v) is 6.31. The second kappa shape index (κ2) is 6.00. The van der Waals surface area contributed by atoms with Gasteiger partial charge in [-0.05, 0) is 38.1 Å². The van der Waals surface area contributed by atoms with E-state index in [-0.39, 0.29) is 11.6 Å². The van der Waals surface area contributed by atoms with E-state index in [1.165, 1.54) is 12.1 Å². The summed E-state index contributed by atoms with van der Waals surface area (Å²) in [5, 5.41) is 4.69. The van der Waals surface area contributed by atoms with Gasteiger partial charge in [0, 0.05) is 17.1 Å². The van der Waals surface area contributed by atoms with Crippen LogP contribution in [0.5, 0.6) is 0 Å². The molecule has 0 aliphatic rings. The highest BCUT2D eigenvalue weighted by atomic mass is 19.4. The van der Waals surface area contributed by atoms with Gasteiger partial charge in [-0.2, -0.15) is 13.2 Å². The summed E-state index contributed by atoms with van der Waals surface area (Å²) in [5.74, 6) is 0.0852. The van der Waals surface area contributed by atoms with Crippen molar-refractivity contribution in [2.45, 2.75) is 20.0 Å². The van der Waals surface area contributed by atoms with Gasteiger partial charge >= 0.3 is 12.2 Å². The van der Waals surface area contributed by atoms with Crippen LogP contribution >= 0.6 is 0 Å². The number of hydrogen-bond acceptors (Lipinski definition) is 3. The maximum absolute atomic E-state index is 12.6. The number of alkyl halides is 3. The van der Waals surface area contributed by atoms with E-state index in [0.717, 1.165) is 12.1 Å². The van der Waals surface area contributed by atoms with Gasteiger partial charge in [-0.15, -0.1) is 0 Å². The number of urea groups is 1. The molecule has 1 aromatic carbocycles. The standard InChI is InChI=1S/C14H13F3N4O/c1-8-6-9(2)19-12(18-8)21-13(22)20-11-5-3-4-10(7-11)14(15,16)17/h3-7H,1-2H3,(H2,18,19,20,21,22). The van der Waals surface area contributed by atoms with Crippen LogP contribution in [0.2, 0.25) is 0 Å². The fourth-order valence-electron chi connectivity index (χ4n) is 1.82. The fourth-order valence-corrected chi connectivity index (χ4v) is 1.82. The molecule has 0 spiro atoms. The Balaban J connectivity index is 2.09. The molecule has 0 aliphatic carbocycles. The zero-order valence-electron chi connectivity index (χ0n) is 11.8. The summed E-state index contributed by atoms with van der Waals surface area (Å²) < 4.78 is 37.8. The number of aryl methyl sites for hydroxylation is 2. The summed E-state index contributed by atoms with van der Waals surface area (Å²) in [4.78, 5) is 19.8. The normalized spacial score (nSPS) is 11.1. The number of anilines is 2. The van der Waals surface area contributed by atoms with E-state index in [1.54, 1.807) is 19.9 Å². The monoisotopic (exact) mass is 310 g/mol. The van der Waals surface area contributed by atoms with Crippen molar-refractivity contribution in [3.05, 3.63) is 47.3 Å². The Morgan fingerprint density at radius 2 is 1.68 bits per heavy atom. The third-order valence-corrected chi connectivity index (χ3v) is 2.66. The second-order valence-corrected chi connectivity index (χ2v) is 4.63. The lowest BCUT2D eigenvalue weighted by atomic mass is 10.2. The molecule has 0 saturated heterocycles. The van der Waals surface area contributed by atoms with Crippen LogP contribution in [-0.4, -0.2) is 16.0 Å². The molecule has 0 unspecified atom stereocenters. The molecule has 0 bridgehead atoms. The van der Waals surface area contributed by atoms with Gasteiger partial charge in [-0.3, -0.25) is 5.32 Å². The van der Waals surface area contributed by atoms with Crippen molar-refractivity contribution in [3.8, 4) is 0 Å². The highest BCUT2D eigenvalue weighted by Crippen LogP contribution is 2.30. The molecule has 1 heterocycles. The van der Waals surface area contributed by atoms with Gasteiger partial charge in [0.1, 0.15) is 0 Å². The Morgan fingerprint density at radius 1 is 1.05 bits per heavy atom. The van der Waals surface area contributed by atoms with Crippen LogP contribution in [0.25, 0.3) is 0 Å². The van der Waals surface area contributed by atoms with Crippen LogP contribution in [0.1, 0.15) is 17.0 Å². The van der Waals surface area contributed by atoms with Gasteiger partial charge < -0.3 is 5.32 Å². The maximum atomic E-state index is 12.6. The van der Waals surface area contributed by atoms with E-state index < -0.39 is 17.8 Å². The average Bonchev–Trinajstić information content (AvgIpc) is 2.36. The number of carbonyl (C=O) groups excluding carboxylic acids is 1. The number of rotatable bonds is 2. The Hall–Kier alpha value is -2.64. The number of hydrogen-bond donors (Lipinski definition) is 2. The van der Waals surface area contributed by atoms with E-state index in [0.29, 0.717) is 11.4 Å². The lowest BCUT2D eigenvalue weighted by Crippen LogP contribution is -2.21. The number of aromatic nitrogens is 2. The Morgan fingerprint density at radius 3 is 2.27 bits per heavy atom. The molecule has 1 aromatic heterocycles. The molecule has 0 atom stereocenters. The summed E-state index contributed by atoms with van der Waals surface area (Å²) in [6.07, 6.45) is -4.47. The Bertz CT molecular complexity index is 680. The van der Waals surface area contributed by atoms with Crippen LogP contribution in [0.4, 0.5) is 29.6 Å². The molecule has 8 heteroatoms. The van der Waals surface area contributed by atoms with Crippen molar-refractivity contribution >= 4 is 17.7 Å². The third kappa shape index (κ3) is 4.18. The molecule has 22 heavy (non-hydrogen) atoms. The van der Waals surface area contributed by atoms with Crippen LogP contribution in [-0.2, 0) is 6.18 Å². The molecule has 2 rings (SSSR count). The van der Waals surface area contributed by atoms with Crippen molar-refractivity contribution in [2.75, 3.05) is 10.6 Å². The molecule has 0 fully saturated rings. The Labute approximate surface area is 124 Å². The minimum Gasteiger partial charge on any atom is -0.308 e. The number of carbonyl (C=O) groups is 1. The number of benzene rings is 1. The molecule has 5 nitrogen and oxygen atoms in total. The first-order chi connectivity index (χ1) is 10.2. The molecule has 2 aromatic rings. The van der Waals surface area contributed by atoms with Crippen molar-refractivity contribution in [1.29, 1.82) is 0 Å². The zero-order chi connectivity index (χ0) is 16.3. The smallest absolute Gasteiger partial charge is 0.308 e. The second-order valence-electron chi connectivity index (χ2n) is 4.63. The van der Waals surface area contributed by atoms with Crippen LogP contribution in [0.15, 0.2) is 30.3 Å². The molecule has 2 amide bonds. The van der Waals surface area contributed by atoms with Crippen molar-refractivity contribution in [3.63, 3.8) is 0 Å². The average molecular weight is 310 g/mol. The van der Waals surface area contributed by atoms with E-state index in [4.69, 9.17) is 0 Å². The molecular formula is C14H13F3N4O. The number of nitrogens with zero attached hydrogens (tertiary/aromatic N) is 2. The lowest BCUT2D eigenvalue weighted by molar-refractivity contribution is -0.137.